The Bertz CT molecular complexity index is 1060. The predicted molar refractivity (Wildman–Crippen MR) is 113 cm³/mol. The molecule has 2 aromatic heterocycles. The molecule has 5 rings (SSSR count). The fourth-order valence-electron chi connectivity index (χ4n) is 4.37. The molecule has 1 saturated heterocycles. The first-order valence-corrected chi connectivity index (χ1v) is 10.8. The molecule has 170 valence electrons. The summed E-state index contributed by atoms with van der Waals surface area (Å²) in [4.78, 5) is 33.7. The van der Waals surface area contributed by atoms with Gasteiger partial charge in [0.15, 0.2) is 5.82 Å². The van der Waals surface area contributed by atoms with Gasteiger partial charge in [-0.1, -0.05) is 0 Å². The highest BCUT2D eigenvalue weighted by molar-refractivity contribution is 6.12. The SMILES string of the molecule is CC1(C)C(=O)N(c2cnc(N3CCC(F)(F)C3)nc2)c2nc(CO)nc(NC3CCC3)c21. The molecule has 32 heavy (non-hydrogen) atoms. The van der Waals surface area contributed by atoms with Crippen molar-refractivity contribution in [2.75, 3.05) is 28.2 Å². The largest absolute Gasteiger partial charge is 0.388 e. The summed E-state index contributed by atoms with van der Waals surface area (Å²) in [7, 11) is 0. The highest BCUT2D eigenvalue weighted by Gasteiger charge is 2.49. The summed E-state index contributed by atoms with van der Waals surface area (Å²) in [6, 6.07) is 0.279. The molecule has 11 heteroatoms. The van der Waals surface area contributed by atoms with Crippen LogP contribution in [-0.4, -0.2) is 56.0 Å². The second kappa shape index (κ2) is 7.29. The molecule has 0 radical (unpaired) electrons. The molecule has 9 nitrogen and oxygen atoms in total. The minimum Gasteiger partial charge on any atom is -0.388 e. The number of rotatable bonds is 5. The maximum Gasteiger partial charge on any atom is 0.267 e. The summed E-state index contributed by atoms with van der Waals surface area (Å²) in [5.74, 6) is -1.64. The molecule has 0 atom stereocenters. The van der Waals surface area contributed by atoms with Gasteiger partial charge >= 0.3 is 0 Å². The van der Waals surface area contributed by atoms with Gasteiger partial charge in [0, 0.05) is 19.0 Å². The number of carbonyl (C=O) groups excluding carboxylic acids is 1. The predicted octanol–water partition coefficient (Wildman–Crippen LogP) is 2.52. The van der Waals surface area contributed by atoms with Crippen LogP contribution in [-0.2, 0) is 16.8 Å². The summed E-state index contributed by atoms with van der Waals surface area (Å²) >= 11 is 0. The van der Waals surface area contributed by atoms with Gasteiger partial charge in [-0.2, -0.15) is 0 Å². The first-order valence-electron chi connectivity index (χ1n) is 10.8. The molecule has 1 amide bonds. The number of fused-ring (bicyclic) bond motifs is 1. The van der Waals surface area contributed by atoms with E-state index in [0.29, 0.717) is 22.9 Å². The van der Waals surface area contributed by atoms with E-state index in [-0.39, 0.29) is 43.3 Å². The Balaban J connectivity index is 1.52. The Labute approximate surface area is 183 Å². The van der Waals surface area contributed by atoms with Gasteiger partial charge in [0.2, 0.25) is 11.9 Å². The number of hydrogen-bond acceptors (Lipinski definition) is 8. The van der Waals surface area contributed by atoms with E-state index < -0.39 is 17.9 Å². The molecule has 3 aliphatic rings. The van der Waals surface area contributed by atoms with E-state index in [1.54, 1.807) is 0 Å². The average molecular weight is 445 g/mol. The topological polar surface area (TPSA) is 107 Å². The summed E-state index contributed by atoms with van der Waals surface area (Å²) in [6.07, 6.45) is 5.84. The molecule has 2 aliphatic heterocycles. The van der Waals surface area contributed by atoms with Crippen molar-refractivity contribution in [3.8, 4) is 0 Å². The number of anilines is 4. The zero-order valence-corrected chi connectivity index (χ0v) is 18.0. The Morgan fingerprint density at radius 1 is 1.22 bits per heavy atom. The number of nitrogens with zero attached hydrogens (tertiary/aromatic N) is 6. The lowest BCUT2D eigenvalue weighted by Gasteiger charge is -2.29. The molecule has 0 unspecified atom stereocenters. The molecule has 2 fully saturated rings. The average Bonchev–Trinajstić information content (AvgIpc) is 3.19. The van der Waals surface area contributed by atoms with Crippen LogP contribution < -0.4 is 15.1 Å². The van der Waals surface area contributed by atoms with Crippen LogP contribution in [0.4, 0.5) is 32.1 Å². The molecule has 0 aromatic carbocycles. The van der Waals surface area contributed by atoms with Crippen molar-refractivity contribution in [3.05, 3.63) is 23.8 Å². The van der Waals surface area contributed by atoms with E-state index in [0.717, 1.165) is 19.3 Å². The minimum absolute atomic E-state index is 0.175. The maximum atomic E-state index is 13.5. The van der Waals surface area contributed by atoms with Crippen molar-refractivity contribution in [2.45, 2.75) is 63.5 Å². The van der Waals surface area contributed by atoms with Gasteiger partial charge in [0.05, 0.1) is 35.6 Å². The van der Waals surface area contributed by atoms with Gasteiger partial charge < -0.3 is 15.3 Å². The Hall–Kier alpha value is -2.95. The van der Waals surface area contributed by atoms with Gasteiger partial charge in [-0.25, -0.2) is 28.7 Å². The molecular formula is C21H25F2N7O2. The van der Waals surface area contributed by atoms with Gasteiger partial charge in [-0.3, -0.25) is 9.69 Å². The number of alkyl halides is 2. The normalized spacial score (nSPS) is 21.6. The van der Waals surface area contributed by atoms with Crippen LogP contribution in [0.15, 0.2) is 12.4 Å². The standard InChI is InChI=1S/C21H25F2N7O2/c1-20(2)15-16(26-12-4-3-5-12)27-14(10-31)28-17(15)30(18(20)32)13-8-24-19(25-9-13)29-7-6-21(22,23)11-29/h8-9,12,31H,3-7,10-11H2,1-2H3,(H,26,27,28). The molecule has 0 bridgehead atoms. The molecule has 0 spiro atoms. The van der Waals surface area contributed by atoms with Crippen molar-refractivity contribution < 1.29 is 18.7 Å². The Morgan fingerprint density at radius 3 is 2.50 bits per heavy atom. The molecule has 2 N–H and O–H groups in total. The number of hydrogen-bond donors (Lipinski definition) is 2. The molecule has 1 saturated carbocycles. The summed E-state index contributed by atoms with van der Waals surface area (Å²) in [6.45, 7) is 3.00. The first kappa shape index (κ1) is 20.9. The van der Waals surface area contributed by atoms with Crippen LogP contribution in [0.3, 0.4) is 0 Å². The number of amides is 1. The van der Waals surface area contributed by atoms with Crippen LogP contribution in [0.25, 0.3) is 0 Å². The quantitative estimate of drug-likeness (QED) is 0.723. The smallest absolute Gasteiger partial charge is 0.267 e. The molecule has 2 aromatic rings. The van der Waals surface area contributed by atoms with E-state index in [1.165, 1.54) is 22.2 Å². The number of aromatic nitrogens is 4. The van der Waals surface area contributed by atoms with Crippen LogP contribution >= 0.6 is 0 Å². The van der Waals surface area contributed by atoms with E-state index in [9.17, 15) is 18.7 Å². The van der Waals surface area contributed by atoms with E-state index in [2.05, 4.69) is 25.3 Å². The number of nitrogens with one attached hydrogen (secondary N) is 1. The van der Waals surface area contributed by atoms with Crippen LogP contribution in [0.5, 0.6) is 0 Å². The van der Waals surface area contributed by atoms with Crippen molar-refractivity contribution in [1.29, 1.82) is 0 Å². The lowest BCUT2D eigenvalue weighted by molar-refractivity contribution is -0.121. The van der Waals surface area contributed by atoms with Gasteiger partial charge in [0.1, 0.15) is 18.2 Å². The summed E-state index contributed by atoms with van der Waals surface area (Å²) in [5, 5.41) is 13.1. The summed E-state index contributed by atoms with van der Waals surface area (Å²) < 4.78 is 27.1. The third-order valence-corrected chi connectivity index (χ3v) is 6.43. The highest BCUT2D eigenvalue weighted by atomic mass is 19.3. The second-order valence-electron chi connectivity index (χ2n) is 9.15. The van der Waals surface area contributed by atoms with Gasteiger partial charge in [-0.15, -0.1) is 0 Å². The van der Waals surface area contributed by atoms with Crippen LogP contribution in [0.2, 0.25) is 0 Å². The number of halogens is 2. The maximum absolute atomic E-state index is 13.5. The zero-order valence-electron chi connectivity index (χ0n) is 18.0. The third kappa shape index (κ3) is 3.35. The van der Waals surface area contributed by atoms with Crippen molar-refractivity contribution in [2.24, 2.45) is 0 Å². The second-order valence-corrected chi connectivity index (χ2v) is 9.15. The van der Waals surface area contributed by atoms with Crippen molar-refractivity contribution in [3.63, 3.8) is 0 Å². The van der Waals surface area contributed by atoms with Gasteiger partial charge in [-0.05, 0) is 33.1 Å². The number of carbonyl (C=O) groups is 1. The fraction of sp³-hybridized carbons (Fsp3) is 0.571. The fourth-order valence-corrected chi connectivity index (χ4v) is 4.37. The molecule has 1 aliphatic carbocycles. The monoisotopic (exact) mass is 445 g/mol. The third-order valence-electron chi connectivity index (χ3n) is 6.43. The van der Waals surface area contributed by atoms with E-state index >= 15 is 0 Å². The van der Waals surface area contributed by atoms with Crippen molar-refractivity contribution in [1.82, 2.24) is 19.9 Å². The van der Waals surface area contributed by atoms with Crippen molar-refractivity contribution >= 4 is 29.2 Å². The summed E-state index contributed by atoms with van der Waals surface area (Å²) in [5.41, 5.74) is 0.133. The highest BCUT2D eigenvalue weighted by Crippen LogP contribution is 2.47. The molecule has 4 heterocycles. The van der Waals surface area contributed by atoms with E-state index in [1.807, 2.05) is 13.8 Å². The molecular weight excluding hydrogens is 420 g/mol. The Kier molecular flexibility index (Phi) is 4.77. The van der Waals surface area contributed by atoms with Crippen LogP contribution in [0, 0.1) is 0 Å². The zero-order chi connectivity index (χ0) is 22.7. The van der Waals surface area contributed by atoms with Gasteiger partial charge in [0.25, 0.3) is 5.92 Å². The first-order chi connectivity index (χ1) is 15.2. The number of aliphatic hydroxyl groups excluding tert-OH is 1. The lowest BCUT2D eigenvalue weighted by Crippen LogP contribution is -2.34. The Morgan fingerprint density at radius 2 is 1.94 bits per heavy atom. The number of aliphatic hydroxyl groups is 1. The minimum atomic E-state index is -2.75. The van der Waals surface area contributed by atoms with E-state index in [4.69, 9.17) is 0 Å². The van der Waals surface area contributed by atoms with Crippen LogP contribution in [0.1, 0.15) is 50.9 Å². The lowest BCUT2D eigenvalue weighted by atomic mass is 9.86.